The highest BCUT2D eigenvalue weighted by atomic mass is 31.2. The van der Waals surface area contributed by atoms with Crippen LogP contribution in [-0.4, -0.2) is 19.0 Å². The van der Waals surface area contributed by atoms with E-state index in [2.05, 4.69) is 0 Å². The van der Waals surface area contributed by atoms with Crippen LogP contribution in [0.25, 0.3) is 11.3 Å². The summed E-state index contributed by atoms with van der Waals surface area (Å²) < 4.78 is 29.2. The lowest BCUT2D eigenvalue weighted by Gasteiger charge is -2.16. The Bertz CT molecular complexity index is 785. The fourth-order valence-corrected chi connectivity index (χ4v) is 4.44. The number of rotatable bonds is 5. The summed E-state index contributed by atoms with van der Waals surface area (Å²) in [5.41, 5.74) is 7.19. The van der Waals surface area contributed by atoms with Crippen molar-refractivity contribution in [2.24, 2.45) is 0 Å². The maximum Gasteiger partial charge on any atom is 0.367 e. The van der Waals surface area contributed by atoms with Gasteiger partial charge in [-0.2, -0.15) is 0 Å². The van der Waals surface area contributed by atoms with Crippen LogP contribution in [0.15, 0.2) is 28.7 Å². The van der Waals surface area contributed by atoms with Gasteiger partial charge in [-0.15, -0.1) is 0 Å². The first kappa shape index (κ1) is 15.0. The van der Waals surface area contributed by atoms with Crippen LogP contribution in [0.1, 0.15) is 29.8 Å². The number of carbonyl (C=O) groups is 1. The molecule has 2 aromatic rings. The first-order valence-corrected chi connectivity index (χ1v) is 8.53. The molecule has 1 aromatic carbocycles. The minimum Gasteiger partial charge on any atom is -0.439 e. The van der Waals surface area contributed by atoms with Crippen LogP contribution in [-0.2, 0) is 13.6 Å². The van der Waals surface area contributed by atoms with Gasteiger partial charge < -0.3 is 19.2 Å². The SMILES string of the molecule is CCOP(=O)(OCC)c1c(N)oc2c1C(=O)c1ccccc1-2. The first-order valence-electron chi connectivity index (χ1n) is 6.99. The lowest BCUT2D eigenvalue weighted by atomic mass is 10.1. The van der Waals surface area contributed by atoms with Crippen molar-refractivity contribution >= 4 is 24.6 Å². The molecule has 0 unspecified atom stereocenters. The van der Waals surface area contributed by atoms with Crippen molar-refractivity contribution in [3.8, 4) is 11.3 Å². The van der Waals surface area contributed by atoms with Crippen molar-refractivity contribution in [1.82, 2.24) is 0 Å². The van der Waals surface area contributed by atoms with E-state index in [1.54, 1.807) is 38.1 Å². The van der Waals surface area contributed by atoms with Gasteiger partial charge in [-0.25, -0.2) is 0 Å². The normalized spacial score (nSPS) is 13.3. The van der Waals surface area contributed by atoms with E-state index < -0.39 is 7.60 Å². The number of nitrogen functional groups attached to an aromatic ring is 1. The monoisotopic (exact) mass is 321 g/mol. The van der Waals surface area contributed by atoms with Gasteiger partial charge in [-0.05, 0) is 13.8 Å². The number of ketones is 1. The van der Waals surface area contributed by atoms with Gasteiger partial charge in [0.2, 0.25) is 5.88 Å². The Balaban J connectivity index is 2.24. The highest BCUT2D eigenvalue weighted by Gasteiger charge is 2.43. The number of nitrogens with two attached hydrogens (primary N) is 1. The summed E-state index contributed by atoms with van der Waals surface area (Å²) in [6.07, 6.45) is 0. The van der Waals surface area contributed by atoms with Crippen molar-refractivity contribution in [3.63, 3.8) is 0 Å². The van der Waals surface area contributed by atoms with Crippen molar-refractivity contribution in [3.05, 3.63) is 35.4 Å². The highest BCUT2D eigenvalue weighted by Crippen LogP contribution is 2.53. The molecule has 0 atom stereocenters. The van der Waals surface area contributed by atoms with Crippen LogP contribution in [0.3, 0.4) is 0 Å². The Morgan fingerprint density at radius 1 is 1.14 bits per heavy atom. The van der Waals surface area contributed by atoms with E-state index in [9.17, 15) is 9.36 Å². The summed E-state index contributed by atoms with van der Waals surface area (Å²) in [5, 5.41) is 0.0346. The molecule has 1 aliphatic rings. The van der Waals surface area contributed by atoms with Gasteiger partial charge in [0.05, 0.1) is 18.8 Å². The fraction of sp³-hybridized carbons (Fsp3) is 0.267. The quantitative estimate of drug-likeness (QED) is 0.726. The van der Waals surface area contributed by atoms with Gasteiger partial charge in [-0.3, -0.25) is 9.36 Å². The summed E-state index contributed by atoms with van der Waals surface area (Å²) in [6, 6.07) is 7.01. The van der Waals surface area contributed by atoms with Gasteiger partial charge in [0.15, 0.2) is 5.78 Å². The number of hydrogen-bond acceptors (Lipinski definition) is 6. The molecule has 0 fully saturated rings. The molecule has 0 aliphatic heterocycles. The molecule has 1 heterocycles. The molecule has 1 aliphatic carbocycles. The number of fused-ring (bicyclic) bond motifs is 3. The smallest absolute Gasteiger partial charge is 0.367 e. The van der Waals surface area contributed by atoms with Crippen LogP contribution in [0.2, 0.25) is 0 Å². The summed E-state index contributed by atoms with van der Waals surface area (Å²) in [5.74, 6) is -0.0495. The number of carbonyl (C=O) groups excluding carboxylic acids is 1. The van der Waals surface area contributed by atoms with Gasteiger partial charge >= 0.3 is 7.60 Å². The Labute approximate surface area is 127 Å². The Morgan fingerprint density at radius 3 is 2.32 bits per heavy atom. The molecule has 7 heteroatoms. The molecule has 0 spiro atoms. The Hall–Kier alpha value is -1.88. The van der Waals surface area contributed by atoms with Gasteiger partial charge in [-0.1, -0.05) is 24.3 Å². The van der Waals surface area contributed by atoms with Crippen molar-refractivity contribution < 1.29 is 22.8 Å². The molecule has 0 radical (unpaired) electrons. The van der Waals surface area contributed by atoms with Crippen LogP contribution >= 0.6 is 7.60 Å². The average molecular weight is 321 g/mol. The lowest BCUT2D eigenvalue weighted by Crippen LogP contribution is -2.18. The number of furan rings is 1. The van der Waals surface area contributed by atoms with Gasteiger partial charge in [0, 0.05) is 11.1 Å². The number of hydrogen-bond donors (Lipinski definition) is 1. The largest absolute Gasteiger partial charge is 0.439 e. The maximum atomic E-state index is 13.0. The minimum atomic E-state index is -3.71. The third-order valence-corrected chi connectivity index (χ3v) is 5.61. The maximum absolute atomic E-state index is 13.0. The zero-order chi connectivity index (χ0) is 15.9. The second kappa shape index (κ2) is 5.39. The van der Waals surface area contributed by atoms with E-state index in [-0.39, 0.29) is 35.7 Å². The standard InChI is InChI=1S/C15H16NO5P/c1-3-19-22(18,20-4-2)14-11-12(17)9-7-5-6-8-10(9)13(11)21-15(14)16/h5-8H,3-4,16H2,1-2H3. The molecule has 0 saturated heterocycles. The molecule has 22 heavy (non-hydrogen) atoms. The summed E-state index contributed by atoms with van der Waals surface area (Å²) in [7, 11) is -3.71. The molecular formula is C15H16NO5P. The number of benzene rings is 1. The second-order valence-electron chi connectivity index (χ2n) is 4.73. The van der Waals surface area contributed by atoms with Crippen LogP contribution < -0.4 is 11.0 Å². The first-order chi connectivity index (χ1) is 10.5. The molecule has 2 N–H and O–H groups in total. The average Bonchev–Trinajstić information content (AvgIpc) is 2.96. The third kappa shape index (κ3) is 2.03. The molecule has 6 nitrogen and oxygen atoms in total. The van der Waals surface area contributed by atoms with Crippen molar-refractivity contribution in [1.29, 1.82) is 0 Å². The number of anilines is 1. The predicted molar refractivity (Wildman–Crippen MR) is 82.5 cm³/mol. The molecular weight excluding hydrogens is 305 g/mol. The fourth-order valence-electron chi connectivity index (χ4n) is 2.63. The molecule has 0 saturated carbocycles. The second-order valence-corrected chi connectivity index (χ2v) is 6.69. The Kier molecular flexibility index (Phi) is 3.68. The topological polar surface area (TPSA) is 91.8 Å². The van der Waals surface area contributed by atoms with Crippen LogP contribution in [0.5, 0.6) is 0 Å². The van der Waals surface area contributed by atoms with E-state index >= 15 is 0 Å². The van der Waals surface area contributed by atoms with Crippen LogP contribution in [0, 0.1) is 0 Å². The summed E-state index contributed by atoms with van der Waals surface area (Å²) in [6.45, 7) is 3.72. The lowest BCUT2D eigenvalue weighted by molar-refractivity contribution is 0.104. The molecule has 0 bridgehead atoms. The summed E-state index contributed by atoms with van der Waals surface area (Å²) >= 11 is 0. The molecule has 116 valence electrons. The van der Waals surface area contributed by atoms with E-state index in [0.29, 0.717) is 16.9 Å². The van der Waals surface area contributed by atoms with E-state index in [0.717, 1.165) is 0 Å². The molecule has 3 rings (SSSR count). The zero-order valence-corrected chi connectivity index (χ0v) is 13.2. The van der Waals surface area contributed by atoms with Gasteiger partial charge in [0.1, 0.15) is 11.1 Å². The molecule has 1 aromatic heterocycles. The van der Waals surface area contributed by atoms with Crippen molar-refractivity contribution in [2.45, 2.75) is 13.8 Å². The van der Waals surface area contributed by atoms with E-state index in [1.807, 2.05) is 0 Å². The zero-order valence-electron chi connectivity index (χ0n) is 12.3. The highest BCUT2D eigenvalue weighted by molar-refractivity contribution is 7.62. The van der Waals surface area contributed by atoms with E-state index in [4.69, 9.17) is 19.2 Å². The predicted octanol–water partition coefficient (Wildman–Crippen LogP) is 2.96. The summed E-state index contributed by atoms with van der Waals surface area (Å²) in [4.78, 5) is 12.6. The third-order valence-electron chi connectivity index (χ3n) is 3.42. The van der Waals surface area contributed by atoms with Gasteiger partial charge in [0.25, 0.3) is 0 Å². The Morgan fingerprint density at radius 2 is 1.73 bits per heavy atom. The minimum absolute atomic E-state index is 0.0346. The van der Waals surface area contributed by atoms with Crippen LogP contribution in [0.4, 0.5) is 5.88 Å². The molecule has 0 amide bonds. The van der Waals surface area contributed by atoms with E-state index in [1.165, 1.54) is 0 Å². The van der Waals surface area contributed by atoms with Crippen molar-refractivity contribution in [2.75, 3.05) is 18.9 Å².